The Morgan fingerprint density at radius 2 is 2.00 bits per heavy atom. The summed E-state index contributed by atoms with van der Waals surface area (Å²) in [5.74, 6) is 0. The van der Waals surface area contributed by atoms with Gasteiger partial charge in [-0.3, -0.25) is 0 Å². The van der Waals surface area contributed by atoms with E-state index in [1.165, 1.54) is 31.5 Å². The highest BCUT2D eigenvalue weighted by Gasteiger charge is 2.21. The van der Waals surface area contributed by atoms with Crippen molar-refractivity contribution in [3.63, 3.8) is 0 Å². The summed E-state index contributed by atoms with van der Waals surface area (Å²) in [4.78, 5) is 2.58. The van der Waals surface area contributed by atoms with Gasteiger partial charge in [0.1, 0.15) is 0 Å². The molecule has 1 atom stereocenters. The van der Waals surface area contributed by atoms with E-state index in [1.807, 2.05) is 0 Å². The van der Waals surface area contributed by atoms with Crippen LogP contribution in [0.25, 0.3) is 0 Å². The topological polar surface area (TPSA) is 15.3 Å². The molecule has 1 aliphatic heterocycles. The number of nitrogens with zero attached hydrogens (tertiary/aromatic N) is 1. The van der Waals surface area contributed by atoms with E-state index in [2.05, 4.69) is 47.8 Å². The van der Waals surface area contributed by atoms with Crippen molar-refractivity contribution in [3.05, 3.63) is 22.4 Å². The molecule has 1 fully saturated rings. The smallest absolute Gasteiger partial charge is 0.0302 e. The van der Waals surface area contributed by atoms with Gasteiger partial charge in [-0.25, -0.2) is 0 Å². The molecule has 0 aliphatic carbocycles. The lowest BCUT2D eigenvalue weighted by Crippen LogP contribution is -2.45. The minimum absolute atomic E-state index is 0.497. The van der Waals surface area contributed by atoms with Gasteiger partial charge in [-0.1, -0.05) is 0 Å². The van der Waals surface area contributed by atoms with Crippen LogP contribution in [0.2, 0.25) is 0 Å². The van der Waals surface area contributed by atoms with Gasteiger partial charge in [0.05, 0.1) is 0 Å². The predicted molar refractivity (Wildman–Crippen MR) is 75.6 cm³/mol. The summed E-state index contributed by atoms with van der Waals surface area (Å²) < 4.78 is 0. The van der Waals surface area contributed by atoms with E-state index in [0.29, 0.717) is 18.1 Å². The second-order valence-corrected chi connectivity index (χ2v) is 6.13. The largest absolute Gasteiger partial charge is 0.307 e. The van der Waals surface area contributed by atoms with Gasteiger partial charge in [-0.05, 0) is 69.1 Å². The van der Waals surface area contributed by atoms with Crippen LogP contribution in [0.4, 0.5) is 0 Å². The molecule has 0 bridgehead atoms. The lowest BCUT2D eigenvalue weighted by Gasteiger charge is -2.36. The first-order valence-corrected chi connectivity index (χ1v) is 7.63. The summed E-state index contributed by atoms with van der Waals surface area (Å²) >= 11 is 1.79. The zero-order valence-corrected chi connectivity index (χ0v) is 12.0. The quantitative estimate of drug-likeness (QED) is 0.885. The number of hydrogen-bond donors (Lipinski definition) is 1. The Morgan fingerprint density at radius 3 is 2.53 bits per heavy atom. The van der Waals surface area contributed by atoms with Crippen molar-refractivity contribution in [2.75, 3.05) is 13.1 Å². The van der Waals surface area contributed by atoms with Gasteiger partial charge >= 0.3 is 0 Å². The van der Waals surface area contributed by atoms with Crippen molar-refractivity contribution < 1.29 is 0 Å². The predicted octanol–water partition coefficient (Wildman–Crippen LogP) is 3.27. The molecular formula is C14H24N2S. The second kappa shape index (κ2) is 5.98. The highest BCUT2D eigenvalue weighted by Crippen LogP contribution is 2.20. The summed E-state index contributed by atoms with van der Waals surface area (Å²) in [5.41, 5.74) is 1.43. The van der Waals surface area contributed by atoms with Crippen LogP contribution < -0.4 is 5.32 Å². The van der Waals surface area contributed by atoms with Crippen LogP contribution in [0.5, 0.6) is 0 Å². The first-order valence-electron chi connectivity index (χ1n) is 6.69. The maximum absolute atomic E-state index is 3.76. The van der Waals surface area contributed by atoms with Crippen LogP contribution in [0.15, 0.2) is 16.8 Å². The second-order valence-electron chi connectivity index (χ2n) is 5.35. The number of piperidine rings is 1. The van der Waals surface area contributed by atoms with Crippen molar-refractivity contribution in [2.45, 2.75) is 51.7 Å². The summed E-state index contributed by atoms with van der Waals surface area (Å²) in [6.07, 6.45) is 2.57. The number of nitrogens with one attached hydrogen (secondary N) is 1. The van der Waals surface area contributed by atoms with Gasteiger partial charge in [0.25, 0.3) is 0 Å². The van der Waals surface area contributed by atoms with E-state index in [9.17, 15) is 0 Å². The summed E-state index contributed by atoms with van der Waals surface area (Å²) in [7, 11) is 0. The maximum Gasteiger partial charge on any atom is 0.0302 e. The van der Waals surface area contributed by atoms with E-state index < -0.39 is 0 Å². The molecule has 2 rings (SSSR count). The van der Waals surface area contributed by atoms with Gasteiger partial charge in [0.2, 0.25) is 0 Å². The molecule has 3 heteroatoms. The molecule has 2 heterocycles. The molecule has 0 saturated carbocycles. The summed E-state index contributed by atoms with van der Waals surface area (Å²) in [6, 6.07) is 4.12. The molecule has 2 nitrogen and oxygen atoms in total. The Balaban J connectivity index is 1.78. The third-order valence-electron chi connectivity index (χ3n) is 3.79. The molecule has 1 aliphatic rings. The average molecular weight is 252 g/mol. The maximum atomic E-state index is 3.76. The number of thiophene rings is 1. The van der Waals surface area contributed by atoms with Gasteiger partial charge in [-0.15, -0.1) is 0 Å². The highest BCUT2D eigenvalue weighted by molar-refractivity contribution is 7.07. The monoisotopic (exact) mass is 252 g/mol. The Kier molecular flexibility index (Phi) is 4.60. The fourth-order valence-corrected chi connectivity index (χ4v) is 3.31. The molecule has 0 amide bonds. The molecule has 0 aromatic carbocycles. The van der Waals surface area contributed by atoms with E-state index in [1.54, 1.807) is 11.3 Å². The van der Waals surface area contributed by atoms with Crippen LogP contribution in [0.3, 0.4) is 0 Å². The van der Waals surface area contributed by atoms with E-state index in [4.69, 9.17) is 0 Å². The van der Waals surface area contributed by atoms with Gasteiger partial charge in [0.15, 0.2) is 0 Å². The molecular weight excluding hydrogens is 228 g/mol. The van der Waals surface area contributed by atoms with Gasteiger partial charge in [-0.2, -0.15) is 11.3 Å². The standard InChI is InChI=1S/C14H24N2S/c1-11(2)16-7-4-14(5-8-16)15-12(3)13-6-9-17-10-13/h6,9-12,14-15H,4-5,7-8H2,1-3H3. The van der Waals surface area contributed by atoms with Crippen LogP contribution in [-0.4, -0.2) is 30.1 Å². The summed E-state index contributed by atoms with van der Waals surface area (Å²) in [6.45, 7) is 9.34. The normalized spacial score (nSPS) is 20.9. The Morgan fingerprint density at radius 1 is 1.29 bits per heavy atom. The number of rotatable bonds is 4. The lowest BCUT2D eigenvalue weighted by atomic mass is 10.0. The van der Waals surface area contributed by atoms with Crippen molar-refractivity contribution in [3.8, 4) is 0 Å². The van der Waals surface area contributed by atoms with Crippen LogP contribution in [0.1, 0.15) is 45.2 Å². The molecule has 1 unspecified atom stereocenters. The molecule has 0 radical (unpaired) electrons. The third kappa shape index (κ3) is 3.54. The molecule has 1 aromatic heterocycles. The summed E-state index contributed by atoms with van der Waals surface area (Å²) in [5, 5.41) is 8.17. The molecule has 1 aromatic rings. The van der Waals surface area contributed by atoms with Gasteiger partial charge in [0, 0.05) is 18.1 Å². The number of hydrogen-bond acceptors (Lipinski definition) is 3. The Bertz CT molecular complexity index is 313. The van der Waals surface area contributed by atoms with Crippen molar-refractivity contribution in [1.29, 1.82) is 0 Å². The first-order chi connectivity index (χ1) is 8.16. The van der Waals surface area contributed by atoms with E-state index >= 15 is 0 Å². The molecule has 0 spiro atoms. The average Bonchev–Trinajstić information content (AvgIpc) is 2.83. The van der Waals surface area contributed by atoms with Gasteiger partial charge < -0.3 is 10.2 Å². The lowest BCUT2D eigenvalue weighted by molar-refractivity contribution is 0.157. The molecule has 17 heavy (non-hydrogen) atoms. The molecule has 96 valence electrons. The van der Waals surface area contributed by atoms with Crippen molar-refractivity contribution in [2.24, 2.45) is 0 Å². The number of likely N-dealkylation sites (tertiary alicyclic amines) is 1. The minimum atomic E-state index is 0.497. The van der Waals surface area contributed by atoms with Crippen LogP contribution in [-0.2, 0) is 0 Å². The van der Waals surface area contributed by atoms with Crippen molar-refractivity contribution in [1.82, 2.24) is 10.2 Å². The Hall–Kier alpha value is -0.380. The zero-order chi connectivity index (χ0) is 12.3. The zero-order valence-electron chi connectivity index (χ0n) is 11.1. The first kappa shape index (κ1) is 13.1. The minimum Gasteiger partial charge on any atom is -0.307 e. The van der Waals surface area contributed by atoms with E-state index in [-0.39, 0.29) is 0 Å². The van der Waals surface area contributed by atoms with Crippen molar-refractivity contribution >= 4 is 11.3 Å². The fraction of sp³-hybridized carbons (Fsp3) is 0.714. The Labute approximate surface area is 109 Å². The molecule has 1 saturated heterocycles. The highest BCUT2D eigenvalue weighted by atomic mass is 32.1. The third-order valence-corrected chi connectivity index (χ3v) is 4.49. The van der Waals surface area contributed by atoms with E-state index in [0.717, 1.165) is 0 Å². The SMILES string of the molecule is CC(NC1CCN(C(C)C)CC1)c1ccsc1. The van der Waals surface area contributed by atoms with Crippen LogP contribution >= 0.6 is 11.3 Å². The fourth-order valence-electron chi connectivity index (χ4n) is 2.55. The molecule has 1 N–H and O–H groups in total. The van der Waals surface area contributed by atoms with Crippen LogP contribution in [0, 0.1) is 0 Å².